The van der Waals surface area contributed by atoms with Crippen molar-refractivity contribution in [3.63, 3.8) is 0 Å². The van der Waals surface area contributed by atoms with E-state index in [9.17, 15) is 0 Å². The normalized spacial score (nSPS) is 12.7. The highest BCUT2D eigenvalue weighted by Crippen LogP contribution is 2.19. The third-order valence-corrected chi connectivity index (χ3v) is 3.40. The number of benzene rings is 2. The molecule has 20 heavy (non-hydrogen) atoms. The van der Waals surface area contributed by atoms with E-state index in [1.165, 1.54) is 16.3 Å². The summed E-state index contributed by atoms with van der Waals surface area (Å²) in [5, 5.41) is 6.05. The molecule has 1 N–H and O–H groups in total. The van der Waals surface area contributed by atoms with Gasteiger partial charge in [-0.3, -0.25) is 0 Å². The molecule has 1 unspecified atom stereocenters. The van der Waals surface area contributed by atoms with Crippen LogP contribution in [0, 0.1) is 0 Å². The Morgan fingerprint density at radius 1 is 1.00 bits per heavy atom. The van der Waals surface area contributed by atoms with Crippen molar-refractivity contribution in [2.45, 2.75) is 13.0 Å². The topological polar surface area (TPSA) is 30.5 Å². The SMILES string of the molecule is COCCOCCNC(C)c1ccc2ccccc2c1. The van der Waals surface area contributed by atoms with Crippen molar-refractivity contribution < 1.29 is 9.47 Å². The lowest BCUT2D eigenvalue weighted by atomic mass is 10.0. The molecular weight excluding hydrogens is 250 g/mol. The number of hydrogen-bond acceptors (Lipinski definition) is 3. The summed E-state index contributed by atoms with van der Waals surface area (Å²) in [6, 6.07) is 15.4. The molecule has 0 saturated carbocycles. The van der Waals surface area contributed by atoms with E-state index in [0.717, 1.165) is 6.54 Å². The van der Waals surface area contributed by atoms with Crippen LogP contribution in [0.3, 0.4) is 0 Å². The zero-order valence-corrected chi connectivity index (χ0v) is 12.3. The highest BCUT2D eigenvalue weighted by Gasteiger charge is 2.05. The van der Waals surface area contributed by atoms with Crippen LogP contribution in [-0.4, -0.2) is 33.5 Å². The van der Waals surface area contributed by atoms with Crippen molar-refractivity contribution in [1.29, 1.82) is 0 Å². The Hall–Kier alpha value is -1.42. The van der Waals surface area contributed by atoms with Crippen molar-refractivity contribution in [2.24, 2.45) is 0 Å². The third kappa shape index (κ3) is 4.30. The summed E-state index contributed by atoms with van der Waals surface area (Å²) < 4.78 is 10.4. The number of ether oxygens (including phenoxy) is 2. The summed E-state index contributed by atoms with van der Waals surface area (Å²) in [7, 11) is 1.68. The zero-order valence-electron chi connectivity index (χ0n) is 12.3. The molecule has 0 aromatic heterocycles. The number of rotatable bonds is 8. The van der Waals surface area contributed by atoms with Crippen LogP contribution in [0.25, 0.3) is 10.8 Å². The summed E-state index contributed by atoms with van der Waals surface area (Å²) >= 11 is 0. The third-order valence-electron chi connectivity index (χ3n) is 3.40. The first-order valence-electron chi connectivity index (χ1n) is 7.10. The molecule has 2 aromatic carbocycles. The van der Waals surface area contributed by atoms with E-state index < -0.39 is 0 Å². The first kappa shape index (κ1) is 15.0. The first-order chi connectivity index (χ1) is 9.81. The van der Waals surface area contributed by atoms with Crippen molar-refractivity contribution >= 4 is 10.8 Å². The van der Waals surface area contributed by atoms with Gasteiger partial charge in [0.05, 0.1) is 19.8 Å². The van der Waals surface area contributed by atoms with Gasteiger partial charge in [-0.05, 0) is 29.3 Å². The molecule has 0 aliphatic carbocycles. The maximum atomic E-state index is 5.44. The van der Waals surface area contributed by atoms with Gasteiger partial charge in [-0.25, -0.2) is 0 Å². The molecule has 2 aromatic rings. The molecule has 0 aliphatic heterocycles. The highest BCUT2D eigenvalue weighted by atomic mass is 16.5. The quantitative estimate of drug-likeness (QED) is 0.749. The minimum Gasteiger partial charge on any atom is -0.382 e. The summed E-state index contributed by atoms with van der Waals surface area (Å²) in [4.78, 5) is 0. The molecular formula is C17H23NO2. The van der Waals surface area contributed by atoms with Gasteiger partial charge in [0.15, 0.2) is 0 Å². The van der Waals surface area contributed by atoms with E-state index in [-0.39, 0.29) is 0 Å². The maximum Gasteiger partial charge on any atom is 0.0700 e. The minimum atomic E-state index is 0.325. The van der Waals surface area contributed by atoms with Gasteiger partial charge in [0.1, 0.15) is 0 Å². The molecule has 0 amide bonds. The lowest BCUT2D eigenvalue weighted by Gasteiger charge is -2.15. The van der Waals surface area contributed by atoms with E-state index in [4.69, 9.17) is 9.47 Å². The molecule has 0 saturated heterocycles. The van der Waals surface area contributed by atoms with Gasteiger partial charge < -0.3 is 14.8 Å². The van der Waals surface area contributed by atoms with Crippen molar-refractivity contribution in [1.82, 2.24) is 5.32 Å². The van der Waals surface area contributed by atoms with Gasteiger partial charge >= 0.3 is 0 Å². The molecule has 0 radical (unpaired) electrons. The average molecular weight is 273 g/mol. The number of fused-ring (bicyclic) bond motifs is 1. The van der Waals surface area contributed by atoms with Crippen molar-refractivity contribution in [2.75, 3.05) is 33.5 Å². The average Bonchev–Trinajstić information content (AvgIpc) is 2.50. The Labute approximate surface area is 120 Å². The van der Waals surface area contributed by atoms with Crippen LogP contribution < -0.4 is 5.32 Å². The lowest BCUT2D eigenvalue weighted by molar-refractivity contribution is 0.0712. The van der Waals surface area contributed by atoms with E-state index in [1.54, 1.807) is 7.11 Å². The Bertz CT molecular complexity index is 527. The fourth-order valence-corrected chi connectivity index (χ4v) is 2.19. The van der Waals surface area contributed by atoms with Crippen molar-refractivity contribution in [3.8, 4) is 0 Å². The molecule has 2 rings (SSSR count). The van der Waals surface area contributed by atoms with Gasteiger partial charge in [-0.15, -0.1) is 0 Å². The first-order valence-corrected chi connectivity index (χ1v) is 7.10. The molecule has 3 heteroatoms. The smallest absolute Gasteiger partial charge is 0.0700 e. The van der Waals surface area contributed by atoms with Crippen LogP contribution in [0.2, 0.25) is 0 Å². The van der Waals surface area contributed by atoms with Gasteiger partial charge in [-0.2, -0.15) is 0 Å². The zero-order chi connectivity index (χ0) is 14.2. The fourth-order valence-electron chi connectivity index (χ4n) is 2.19. The van der Waals surface area contributed by atoms with Crippen LogP contribution in [0.5, 0.6) is 0 Å². The Morgan fingerprint density at radius 2 is 1.80 bits per heavy atom. The van der Waals surface area contributed by atoms with Crippen LogP contribution >= 0.6 is 0 Å². The largest absolute Gasteiger partial charge is 0.382 e. The molecule has 0 heterocycles. The predicted octanol–water partition coefficient (Wildman–Crippen LogP) is 3.15. The number of methoxy groups -OCH3 is 1. The van der Waals surface area contributed by atoms with E-state index in [0.29, 0.717) is 25.9 Å². The Kier molecular flexibility index (Phi) is 5.99. The second-order valence-electron chi connectivity index (χ2n) is 4.89. The number of nitrogens with one attached hydrogen (secondary N) is 1. The molecule has 108 valence electrons. The maximum absolute atomic E-state index is 5.44. The molecule has 0 bridgehead atoms. The Balaban J connectivity index is 1.83. The molecule has 0 fully saturated rings. The van der Waals surface area contributed by atoms with Crippen LogP contribution in [0.4, 0.5) is 0 Å². The molecule has 0 spiro atoms. The van der Waals surface area contributed by atoms with Crippen LogP contribution in [0.1, 0.15) is 18.5 Å². The van der Waals surface area contributed by atoms with E-state index in [1.807, 2.05) is 0 Å². The van der Waals surface area contributed by atoms with Crippen LogP contribution in [-0.2, 0) is 9.47 Å². The fraction of sp³-hybridized carbons (Fsp3) is 0.412. The molecule has 3 nitrogen and oxygen atoms in total. The monoisotopic (exact) mass is 273 g/mol. The van der Waals surface area contributed by atoms with Gasteiger partial charge in [0, 0.05) is 19.7 Å². The lowest BCUT2D eigenvalue weighted by Crippen LogP contribution is -2.23. The van der Waals surface area contributed by atoms with Crippen LogP contribution in [0.15, 0.2) is 42.5 Å². The van der Waals surface area contributed by atoms with Gasteiger partial charge in [-0.1, -0.05) is 36.4 Å². The summed E-state index contributed by atoms with van der Waals surface area (Å²) in [5.74, 6) is 0. The standard InChI is InChI=1S/C17H23NO2/c1-14(18-9-10-20-12-11-19-2)16-8-7-15-5-3-4-6-17(15)13-16/h3-8,13-14,18H,9-12H2,1-2H3. The number of hydrogen-bond donors (Lipinski definition) is 1. The molecule has 1 atom stereocenters. The summed E-state index contributed by atoms with van der Waals surface area (Å²) in [6.07, 6.45) is 0. The van der Waals surface area contributed by atoms with Crippen molar-refractivity contribution in [3.05, 3.63) is 48.0 Å². The van der Waals surface area contributed by atoms with E-state index >= 15 is 0 Å². The molecule has 0 aliphatic rings. The summed E-state index contributed by atoms with van der Waals surface area (Å²) in [6.45, 7) is 5.04. The summed E-state index contributed by atoms with van der Waals surface area (Å²) in [5.41, 5.74) is 1.31. The minimum absolute atomic E-state index is 0.325. The Morgan fingerprint density at radius 3 is 2.60 bits per heavy atom. The highest BCUT2D eigenvalue weighted by molar-refractivity contribution is 5.83. The van der Waals surface area contributed by atoms with Gasteiger partial charge in [0.25, 0.3) is 0 Å². The van der Waals surface area contributed by atoms with E-state index in [2.05, 4.69) is 54.7 Å². The second-order valence-corrected chi connectivity index (χ2v) is 4.89. The predicted molar refractivity (Wildman–Crippen MR) is 83.1 cm³/mol. The second kappa shape index (κ2) is 8.00. The van der Waals surface area contributed by atoms with Gasteiger partial charge in [0.2, 0.25) is 0 Å².